The van der Waals surface area contributed by atoms with Gasteiger partial charge in [-0.15, -0.1) is 0 Å². The van der Waals surface area contributed by atoms with Gasteiger partial charge in [-0.1, -0.05) is 23.2 Å². The van der Waals surface area contributed by atoms with Crippen LogP contribution < -0.4 is 11.1 Å². The largest absolute Gasteiger partial charge is 0.398 e. The number of benzene rings is 2. The fraction of sp³-hybridized carbons (Fsp3) is 0.0588. The van der Waals surface area contributed by atoms with Gasteiger partial charge in [0.2, 0.25) is 0 Å². The van der Waals surface area contributed by atoms with E-state index in [1.807, 2.05) is 0 Å². The van der Waals surface area contributed by atoms with E-state index in [0.29, 0.717) is 43.5 Å². The molecule has 1 aromatic heterocycles. The Bertz CT molecular complexity index is 1020. The Kier molecular flexibility index (Phi) is 3.37. The minimum absolute atomic E-state index is 0.309. The maximum absolute atomic E-state index is 13.6. The van der Waals surface area contributed by atoms with E-state index in [9.17, 15) is 9.18 Å². The van der Waals surface area contributed by atoms with E-state index in [1.54, 1.807) is 18.2 Å². The minimum Gasteiger partial charge on any atom is -0.398 e. The first-order valence-electron chi connectivity index (χ1n) is 7.10. The van der Waals surface area contributed by atoms with Gasteiger partial charge in [0.15, 0.2) is 0 Å². The van der Waals surface area contributed by atoms with Crippen LogP contribution in [0.4, 0.5) is 10.1 Å². The number of pyridine rings is 1. The van der Waals surface area contributed by atoms with Crippen molar-refractivity contribution < 1.29 is 9.18 Å². The number of aromatic nitrogens is 1. The van der Waals surface area contributed by atoms with Gasteiger partial charge in [-0.2, -0.15) is 0 Å². The maximum atomic E-state index is 13.6. The fourth-order valence-electron chi connectivity index (χ4n) is 3.09. The minimum atomic E-state index is -0.615. The monoisotopic (exact) mass is 361 g/mol. The highest BCUT2D eigenvalue weighted by Crippen LogP contribution is 2.41. The molecule has 1 aliphatic heterocycles. The van der Waals surface area contributed by atoms with E-state index in [1.165, 1.54) is 18.2 Å². The van der Waals surface area contributed by atoms with Crippen molar-refractivity contribution in [3.63, 3.8) is 0 Å². The second-order valence-corrected chi connectivity index (χ2v) is 6.32. The number of rotatable bonds is 1. The molecule has 1 aliphatic rings. The number of nitrogen functional groups attached to an aromatic ring is 1. The van der Waals surface area contributed by atoms with Crippen LogP contribution in [0.5, 0.6) is 0 Å². The van der Waals surface area contributed by atoms with Crippen LogP contribution >= 0.6 is 23.2 Å². The SMILES string of the molecule is Nc1cc2nc(Cl)ccc2c2c1C(c1cc(F)ccc1Cl)NC2=O. The Morgan fingerprint density at radius 1 is 1.17 bits per heavy atom. The number of nitrogens with two attached hydrogens (primary N) is 1. The first-order chi connectivity index (χ1) is 11.5. The number of amides is 1. The van der Waals surface area contributed by atoms with Crippen molar-refractivity contribution in [2.45, 2.75) is 6.04 Å². The van der Waals surface area contributed by atoms with Crippen LogP contribution in [0.3, 0.4) is 0 Å². The van der Waals surface area contributed by atoms with Crippen LogP contribution in [-0.2, 0) is 0 Å². The summed E-state index contributed by atoms with van der Waals surface area (Å²) in [4.78, 5) is 16.7. The van der Waals surface area contributed by atoms with Crippen LogP contribution in [0.1, 0.15) is 27.5 Å². The Morgan fingerprint density at radius 3 is 2.75 bits per heavy atom. The molecule has 24 heavy (non-hydrogen) atoms. The number of hydrogen-bond donors (Lipinski definition) is 2. The van der Waals surface area contributed by atoms with Gasteiger partial charge in [0.1, 0.15) is 11.0 Å². The molecule has 2 heterocycles. The standard InChI is InChI=1S/C17H10Cl2FN3O/c18-10-3-1-7(20)5-9(10)16-15-11(21)6-12-8(2-4-13(19)22-12)14(15)17(24)23-16/h1-6,16H,21H2,(H,23,24). The lowest BCUT2D eigenvalue weighted by atomic mass is 9.94. The summed E-state index contributed by atoms with van der Waals surface area (Å²) >= 11 is 12.1. The van der Waals surface area contributed by atoms with E-state index in [2.05, 4.69) is 10.3 Å². The van der Waals surface area contributed by atoms with E-state index in [4.69, 9.17) is 28.9 Å². The molecule has 1 atom stereocenters. The number of nitrogens with zero attached hydrogens (tertiary/aromatic N) is 1. The van der Waals surface area contributed by atoms with E-state index in [0.717, 1.165) is 0 Å². The summed E-state index contributed by atoms with van der Waals surface area (Å²) in [5.41, 5.74) is 8.50. The van der Waals surface area contributed by atoms with E-state index in [-0.39, 0.29) is 5.91 Å². The van der Waals surface area contributed by atoms with Gasteiger partial charge in [0.05, 0.1) is 17.1 Å². The highest BCUT2D eigenvalue weighted by Gasteiger charge is 2.35. The van der Waals surface area contributed by atoms with Crippen molar-refractivity contribution >= 4 is 45.7 Å². The summed E-state index contributed by atoms with van der Waals surface area (Å²) in [5.74, 6) is -0.748. The number of nitrogens with one attached hydrogen (secondary N) is 1. The number of hydrogen-bond acceptors (Lipinski definition) is 3. The lowest BCUT2D eigenvalue weighted by molar-refractivity contribution is 0.0962. The van der Waals surface area contributed by atoms with Gasteiger partial charge < -0.3 is 11.1 Å². The predicted octanol–water partition coefficient (Wildman–Crippen LogP) is 4.10. The Hall–Kier alpha value is -2.37. The number of fused-ring (bicyclic) bond motifs is 3. The molecule has 3 N–H and O–H groups in total. The molecule has 0 radical (unpaired) electrons. The third kappa shape index (κ3) is 2.20. The molecule has 0 spiro atoms. The summed E-state index contributed by atoms with van der Waals surface area (Å²) < 4.78 is 13.6. The first-order valence-corrected chi connectivity index (χ1v) is 7.85. The van der Waals surface area contributed by atoms with Gasteiger partial charge in [-0.05, 0) is 36.4 Å². The molecule has 1 amide bonds. The van der Waals surface area contributed by atoms with Crippen LogP contribution in [-0.4, -0.2) is 10.9 Å². The predicted molar refractivity (Wildman–Crippen MR) is 91.9 cm³/mol. The number of halogens is 3. The van der Waals surface area contributed by atoms with Crippen molar-refractivity contribution in [2.24, 2.45) is 0 Å². The third-order valence-corrected chi connectivity index (χ3v) is 4.65. The Balaban J connectivity index is 2.01. The molecule has 0 aliphatic carbocycles. The molecule has 0 saturated carbocycles. The van der Waals surface area contributed by atoms with Crippen LogP contribution in [0.15, 0.2) is 36.4 Å². The molecule has 7 heteroatoms. The van der Waals surface area contributed by atoms with Crippen LogP contribution in [0.2, 0.25) is 10.2 Å². The molecule has 1 unspecified atom stereocenters. The molecular weight excluding hydrogens is 352 g/mol. The number of anilines is 1. The average molecular weight is 362 g/mol. The summed E-state index contributed by atoms with van der Waals surface area (Å²) in [6.07, 6.45) is 0. The molecule has 0 saturated heterocycles. The van der Waals surface area contributed by atoms with E-state index < -0.39 is 11.9 Å². The average Bonchev–Trinajstić information content (AvgIpc) is 2.88. The van der Waals surface area contributed by atoms with Crippen molar-refractivity contribution in [2.75, 3.05) is 5.73 Å². The third-order valence-electron chi connectivity index (χ3n) is 4.09. The topological polar surface area (TPSA) is 68.0 Å². The van der Waals surface area contributed by atoms with Gasteiger partial charge >= 0.3 is 0 Å². The molecule has 2 aromatic carbocycles. The molecular formula is C17H10Cl2FN3O. The summed E-state index contributed by atoms with van der Waals surface area (Å²) in [7, 11) is 0. The van der Waals surface area contributed by atoms with Gasteiger partial charge in [-0.25, -0.2) is 9.37 Å². The first kappa shape index (κ1) is 15.2. The highest BCUT2D eigenvalue weighted by atomic mass is 35.5. The van der Waals surface area contributed by atoms with Gasteiger partial charge in [0, 0.05) is 27.2 Å². The van der Waals surface area contributed by atoms with Crippen molar-refractivity contribution in [1.82, 2.24) is 10.3 Å². The van der Waals surface area contributed by atoms with Crippen LogP contribution in [0, 0.1) is 5.82 Å². The molecule has 0 bridgehead atoms. The van der Waals surface area contributed by atoms with Gasteiger partial charge in [-0.3, -0.25) is 4.79 Å². The van der Waals surface area contributed by atoms with Crippen molar-refractivity contribution in [1.29, 1.82) is 0 Å². The Morgan fingerprint density at radius 2 is 1.96 bits per heavy atom. The molecule has 3 aromatic rings. The summed E-state index contributed by atoms with van der Waals surface area (Å²) in [5, 5.41) is 4.12. The van der Waals surface area contributed by atoms with Crippen molar-refractivity contribution in [3.05, 3.63) is 69.1 Å². The molecule has 120 valence electrons. The zero-order valence-electron chi connectivity index (χ0n) is 12.1. The second-order valence-electron chi connectivity index (χ2n) is 5.53. The van der Waals surface area contributed by atoms with Gasteiger partial charge in [0.25, 0.3) is 5.91 Å². The van der Waals surface area contributed by atoms with Crippen LogP contribution in [0.25, 0.3) is 10.9 Å². The van der Waals surface area contributed by atoms with Crippen molar-refractivity contribution in [3.8, 4) is 0 Å². The fourth-order valence-corrected chi connectivity index (χ4v) is 3.47. The summed E-state index contributed by atoms with van der Waals surface area (Å²) in [6, 6.07) is 8.38. The normalized spacial score (nSPS) is 16.3. The second kappa shape index (κ2) is 5.33. The summed E-state index contributed by atoms with van der Waals surface area (Å²) in [6.45, 7) is 0. The molecule has 4 nitrogen and oxygen atoms in total. The number of carbonyl (C=O) groups is 1. The lowest BCUT2D eigenvalue weighted by Gasteiger charge is -2.16. The lowest BCUT2D eigenvalue weighted by Crippen LogP contribution is -2.20. The maximum Gasteiger partial charge on any atom is 0.253 e. The number of carbonyl (C=O) groups excluding carboxylic acids is 1. The zero-order chi connectivity index (χ0) is 17.0. The smallest absolute Gasteiger partial charge is 0.253 e. The zero-order valence-corrected chi connectivity index (χ0v) is 13.6. The molecule has 0 fully saturated rings. The highest BCUT2D eigenvalue weighted by molar-refractivity contribution is 6.31. The quantitative estimate of drug-likeness (QED) is 0.506. The Labute approximate surface area is 146 Å². The van der Waals surface area contributed by atoms with E-state index >= 15 is 0 Å². The molecule has 4 rings (SSSR count).